The maximum absolute atomic E-state index is 11.9. The van der Waals surface area contributed by atoms with Crippen molar-refractivity contribution in [3.8, 4) is 0 Å². The van der Waals surface area contributed by atoms with Crippen LogP contribution in [0.3, 0.4) is 0 Å². The standard InChI is InChI=1S/C16H26N2O2S2/c1-12(5-6-15-4-3-8-20-15)17-16(19)7-9-21-10-14-11-22-13(2)18-14/h11-12,15H,3-10H2,1-2H3,(H,17,19)/t12-,15+/m1/s1. The molecule has 0 unspecified atom stereocenters. The second-order valence-electron chi connectivity index (χ2n) is 5.84. The summed E-state index contributed by atoms with van der Waals surface area (Å²) in [6.07, 6.45) is 5.41. The third-order valence-electron chi connectivity index (χ3n) is 3.74. The molecule has 2 rings (SSSR count). The van der Waals surface area contributed by atoms with Crippen molar-refractivity contribution in [2.75, 3.05) is 12.4 Å². The summed E-state index contributed by atoms with van der Waals surface area (Å²) < 4.78 is 5.61. The second-order valence-corrected chi connectivity index (χ2v) is 8.01. The zero-order valence-electron chi connectivity index (χ0n) is 13.5. The van der Waals surface area contributed by atoms with E-state index in [0.29, 0.717) is 12.5 Å². The fourth-order valence-electron chi connectivity index (χ4n) is 2.54. The fourth-order valence-corrected chi connectivity index (χ4v) is 4.09. The maximum Gasteiger partial charge on any atom is 0.221 e. The van der Waals surface area contributed by atoms with Gasteiger partial charge in [0, 0.05) is 36.0 Å². The van der Waals surface area contributed by atoms with Gasteiger partial charge in [-0.25, -0.2) is 4.98 Å². The van der Waals surface area contributed by atoms with E-state index in [2.05, 4.69) is 22.6 Å². The van der Waals surface area contributed by atoms with E-state index < -0.39 is 0 Å². The van der Waals surface area contributed by atoms with Gasteiger partial charge in [0.25, 0.3) is 0 Å². The zero-order chi connectivity index (χ0) is 15.8. The van der Waals surface area contributed by atoms with Crippen molar-refractivity contribution in [2.24, 2.45) is 0 Å². The number of nitrogens with one attached hydrogen (secondary N) is 1. The number of carbonyl (C=O) groups excluding carboxylic acids is 1. The van der Waals surface area contributed by atoms with Crippen LogP contribution in [-0.2, 0) is 15.3 Å². The van der Waals surface area contributed by atoms with Crippen molar-refractivity contribution in [3.63, 3.8) is 0 Å². The average molecular weight is 343 g/mol. The van der Waals surface area contributed by atoms with E-state index in [1.54, 1.807) is 23.1 Å². The maximum atomic E-state index is 11.9. The molecule has 0 saturated carbocycles. The van der Waals surface area contributed by atoms with Crippen molar-refractivity contribution in [3.05, 3.63) is 16.1 Å². The van der Waals surface area contributed by atoms with Crippen LogP contribution >= 0.6 is 23.1 Å². The van der Waals surface area contributed by atoms with E-state index in [0.717, 1.165) is 41.7 Å². The third-order valence-corrected chi connectivity index (χ3v) is 5.56. The summed E-state index contributed by atoms with van der Waals surface area (Å²) in [6, 6.07) is 0.239. The van der Waals surface area contributed by atoms with Gasteiger partial charge >= 0.3 is 0 Å². The average Bonchev–Trinajstić information content (AvgIpc) is 3.13. The van der Waals surface area contributed by atoms with Gasteiger partial charge in [0.2, 0.25) is 5.91 Å². The Labute approximate surface area is 141 Å². The van der Waals surface area contributed by atoms with Crippen LogP contribution in [0.2, 0.25) is 0 Å². The first-order chi connectivity index (χ1) is 10.6. The van der Waals surface area contributed by atoms with Crippen LogP contribution in [0.5, 0.6) is 0 Å². The van der Waals surface area contributed by atoms with Crippen LogP contribution in [0.1, 0.15) is 49.7 Å². The molecule has 2 heterocycles. The molecule has 124 valence electrons. The summed E-state index contributed by atoms with van der Waals surface area (Å²) in [5.74, 6) is 1.90. The molecule has 1 aliphatic heterocycles. The van der Waals surface area contributed by atoms with E-state index in [-0.39, 0.29) is 11.9 Å². The highest BCUT2D eigenvalue weighted by atomic mass is 32.2. The lowest BCUT2D eigenvalue weighted by Gasteiger charge is -2.16. The number of aromatic nitrogens is 1. The Morgan fingerprint density at radius 3 is 3.18 bits per heavy atom. The summed E-state index contributed by atoms with van der Waals surface area (Å²) in [5, 5.41) is 6.28. The number of carbonyl (C=O) groups is 1. The topological polar surface area (TPSA) is 51.2 Å². The molecule has 1 fully saturated rings. The van der Waals surface area contributed by atoms with Crippen molar-refractivity contribution < 1.29 is 9.53 Å². The Morgan fingerprint density at radius 2 is 2.50 bits per heavy atom. The van der Waals surface area contributed by atoms with Gasteiger partial charge < -0.3 is 10.1 Å². The number of ether oxygens (including phenoxy) is 1. The molecule has 1 saturated heterocycles. The van der Waals surface area contributed by atoms with E-state index >= 15 is 0 Å². The first-order valence-corrected chi connectivity index (χ1v) is 10.1. The Kier molecular flexibility index (Phi) is 7.69. The molecule has 4 nitrogen and oxygen atoms in total. The first-order valence-electron chi connectivity index (χ1n) is 8.03. The van der Waals surface area contributed by atoms with E-state index in [1.807, 2.05) is 6.92 Å². The largest absolute Gasteiger partial charge is 0.378 e. The molecule has 0 spiro atoms. The normalized spacial score (nSPS) is 19.3. The SMILES string of the molecule is Cc1nc(CSCCC(=O)N[C@H](C)CC[C@@H]2CCCO2)cs1. The van der Waals surface area contributed by atoms with Crippen molar-refractivity contribution in [2.45, 2.75) is 63.9 Å². The van der Waals surface area contributed by atoms with Gasteiger partial charge in [0.05, 0.1) is 16.8 Å². The van der Waals surface area contributed by atoms with Crippen molar-refractivity contribution in [1.29, 1.82) is 0 Å². The minimum Gasteiger partial charge on any atom is -0.378 e. The van der Waals surface area contributed by atoms with Gasteiger partial charge in [-0.1, -0.05) is 0 Å². The van der Waals surface area contributed by atoms with Gasteiger partial charge in [-0.15, -0.1) is 11.3 Å². The molecule has 1 amide bonds. The predicted molar refractivity (Wildman–Crippen MR) is 93.4 cm³/mol. The summed E-state index contributed by atoms with van der Waals surface area (Å²) >= 11 is 3.45. The highest BCUT2D eigenvalue weighted by Gasteiger charge is 2.17. The zero-order valence-corrected chi connectivity index (χ0v) is 15.1. The summed E-state index contributed by atoms with van der Waals surface area (Å²) in [7, 11) is 0. The van der Waals surface area contributed by atoms with Crippen LogP contribution in [-0.4, -0.2) is 35.4 Å². The van der Waals surface area contributed by atoms with Gasteiger partial charge in [0.15, 0.2) is 0 Å². The number of hydrogen-bond acceptors (Lipinski definition) is 5. The Hall–Kier alpha value is -0.590. The minimum absolute atomic E-state index is 0.154. The molecule has 1 aromatic rings. The lowest BCUT2D eigenvalue weighted by molar-refractivity contribution is -0.121. The van der Waals surface area contributed by atoms with Gasteiger partial charge in [-0.05, 0) is 39.5 Å². The van der Waals surface area contributed by atoms with Gasteiger partial charge in [-0.2, -0.15) is 11.8 Å². The van der Waals surface area contributed by atoms with Crippen LogP contribution in [0.25, 0.3) is 0 Å². The highest BCUT2D eigenvalue weighted by molar-refractivity contribution is 7.98. The number of rotatable bonds is 9. The van der Waals surface area contributed by atoms with Crippen LogP contribution in [0.4, 0.5) is 0 Å². The van der Waals surface area contributed by atoms with Crippen molar-refractivity contribution >= 4 is 29.0 Å². The molecule has 22 heavy (non-hydrogen) atoms. The first kappa shape index (κ1) is 17.8. The summed E-state index contributed by atoms with van der Waals surface area (Å²) in [5.41, 5.74) is 1.12. The summed E-state index contributed by atoms with van der Waals surface area (Å²) in [6.45, 7) is 5.00. The minimum atomic E-state index is 0.154. The molecular formula is C16H26N2O2S2. The molecule has 1 aromatic heterocycles. The lowest BCUT2D eigenvalue weighted by atomic mass is 10.1. The Morgan fingerprint density at radius 1 is 1.64 bits per heavy atom. The number of thioether (sulfide) groups is 1. The molecular weight excluding hydrogens is 316 g/mol. The second kappa shape index (κ2) is 9.53. The molecule has 0 aromatic carbocycles. The van der Waals surface area contributed by atoms with E-state index in [4.69, 9.17) is 4.74 Å². The highest BCUT2D eigenvalue weighted by Crippen LogP contribution is 2.18. The number of hydrogen-bond donors (Lipinski definition) is 1. The van der Waals surface area contributed by atoms with Gasteiger partial charge in [0.1, 0.15) is 0 Å². The fraction of sp³-hybridized carbons (Fsp3) is 0.750. The van der Waals surface area contributed by atoms with Crippen LogP contribution in [0, 0.1) is 6.92 Å². The molecule has 0 radical (unpaired) electrons. The Bertz CT molecular complexity index is 459. The molecule has 2 atom stereocenters. The quantitative estimate of drug-likeness (QED) is 0.698. The third kappa shape index (κ3) is 6.67. The summed E-state index contributed by atoms with van der Waals surface area (Å²) in [4.78, 5) is 16.3. The molecule has 1 aliphatic rings. The molecule has 1 N–H and O–H groups in total. The monoisotopic (exact) mass is 342 g/mol. The Balaban J connectivity index is 1.51. The molecule has 0 bridgehead atoms. The smallest absolute Gasteiger partial charge is 0.221 e. The number of amides is 1. The molecule has 0 aliphatic carbocycles. The van der Waals surface area contributed by atoms with Crippen molar-refractivity contribution in [1.82, 2.24) is 10.3 Å². The van der Waals surface area contributed by atoms with Gasteiger partial charge in [-0.3, -0.25) is 4.79 Å². The number of aryl methyl sites for hydroxylation is 1. The predicted octanol–water partition coefficient (Wildman–Crippen LogP) is 3.54. The number of thiazole rings is 1. The lowest BCUT2D eigenvalue weighted by Crippen LogP contribution is -2.33. The van der Waals surface area contributed by atoms with Crippen LogP contribution < -0.4 is 5.32 Å². The van der Waals surface area contributed by atoms with Crippen LogP contribution in [0.15, 0.2) is 5.38 Å². The number of nitrogens with zero attached hydrogens (tertiary/aromatic N) is 1. The van der Waals surface area contributed by atoms with E-state index in [1.165, 1.54) is 12.8 Å². The van der Waals surface area contributed by atoms with E-state index in [9.17, 15) is 4.79 Å². The molecule has 6 heteroatoms.